The van der Waals surface area contributed by atoms with Crippen LogP contribution in [0.2, 0.25) is 5.02 Å². The van der Waals surface area contributed by atoms with Gasteiger partial charge in [-0.25, -0.2) is 17.6 Å². The van der Waals surface area contributed by atoms with E-state index in [1.165, 1.54) is 12.1 Å². The first-order valence-corrected chi connectivity index (χ1v) is 12.1. The molecule has 2 aliphatic rings. The summed E-state index contributed by atoms with van der Waals surface area (Å²) in [5.74, 6) is -6.22. The first kappa shape index (κ1) is 25.1. The maximum absolute atomic E-state index is 14.3. The van der Waals surface area contributed by atoms with E-state index < -0.39 is 60.3 Å². The average Bonchev–Trinajstić information content (AvgIpc) is 3.25. The summed E-state index contributed by atoms with van der Waals surface area (Å²) >= 11 is 6.42. The van der Waals surface area contributed by atoms with Crippen LogP contribution in [0.15, 0.2) is 66.7 Å². The number of amides is 2. The molecule has 1 aliphatic heterocycles. The molecular weight excluding hydrogens is 510 g/mol. The molecule has 1 unspecified atom stereocenters. The Morgan fingerprint density at radius 2 is 1.65 bits per heavy atom. The quantitative estimate of drug-likeness (QED) is 0.405. The fourth-order valence-corrected chi connectivity index (χ4v) is 5.07. The van der Waals surface area contributed by atoms with Crippen molar-refractivity contribution in [1.29, 1.82) is 0 Å². The van der Waals surface area contributed by atoms with Crippen molar-refractivity contribution in [3.8, 4) is 0 Å². The van der Waals surface area contributed by atoms with Crippen LogP contribution in [-0.4, -0.2) is 29.8 Å². The summed E-state index contributed by atoms with van der Waals surface area (Å²) in [4.78, 5) is 28.6. The SMILES string of the molecule is O=C(NC1CC(F)(F)C1)C(c1ccccc1Cl)N(C(=O)[C@@H]1Cc2ccccc2N1)c1cc(F)cc(F)c1. The van der Waals surface area contributed by atoms with Gasteiger partial charge < -0.3 is 10.6 Å². The Bertz CT molecular complexity index is 1320. The molecule has 192 valence electrons. The normalized spacial score (nSPS) is 18.8. The van der Waals surface area contributed by atoms with E-state index in [1.807, 2.05) is 12.1 Å². The topological polar surface area (TPSA) is 61.4 Å². The number of alkyl halides is 2. The lowest BCUT2D eigenvalue weighted by molar-refractivity contribution is -0.132. The zero-order valence-electron chi connectivity index (χ0n) is 19.4. The number of carbonyl (C=O) groups is 2. The molecule has 1 aliphatic carbocycles. The van der Waals surface area contributed by atoms with E-state index in [0.29, 0.717) is 6.07 Å². The van der Waals surface area contributed by atoms with Crippen molar-refractivity contribution in [2.75, 3.05) is 10.2 Å². The van der Waals surface area contributed by atoms with Gasteiger partial charge in [0.15, 0.2) is 0 Å². The van der Waals surface area contributed by atoms with Crippen LogP contribution < -0.4 is 15.5 Å². The summed E-state index contributed by atoms with van der Waals surface area (Å²) in [5, 5.41) is 5.79. The molecule has 0 saturated heterocycles. The molecule has 0 radical (unpaired) electrons. The van der Waals surface area contributed by atoms with E-state index in [9.17, 15) is 27.2 Å². The van der Waals surface area contributed by atoms with Crippen LogP contribution in [0.5, 0.6) is 0 Å². The van der Waals surface area contributed by atoms with Gasteiger partial charge >= 0.3 is 0 Å². The third-order valence-corrected chi connectivity index (χ3v) is 6.92. The highest BCUT2D eigenvalue weighted by Crippen LogP contribution is 2.39. The molecule has 0 bridgehead atoms. The highest BCUT2D eigenvalue weighted by atomic mass is 35.5. The molecular formula is C27H22ClF4N3O2. The number of benzene rings is 3. The monoisotopic (exact) mass is 531 g/mol. The van der Waals surface area contributed by atoms with Gasteiger partial charge in [-0.05, 0) is 29.8 Å². The zero-order chi connectivity index (χ0) is 26.3. The van der Waals surface area contributed by atoms with Gasteiger partial charge in [0, 0.05) is 47.6 Å². The first-order valence-electron chi connectivity index (χ1n) is 11.7. The highest BCUT2D eigenvalue weighted by Gasteiger charge is 2.47. The number of carbonyl (C=O) groups excluding carboxylic acids is 2. The molecule has 37 heavy (non-hydrogen) atoms. The van der Waals surface area contributed by atoms with Gasteiger partial charge in [0.05, 0.1) is 5.69 Å². The summed E-state index contributed by atoms with van der Waals surface area (Å²) in [6.07, 6.45) is -0.818. The minimum absolute atomic E-state index is 0.124. The van der Waals surface area contributed by atoms with Gasteiger partial charge in [0.25, 0.3) is 11.8 Å². The molecule has 1 heterocycles. The summed E-state index contributed by atoms with van der Waals surface area (Å²) in [6.45, 7) is 0. The summed E-state index contributed by atoms with van der Waals surface area (Å²) in [5.41, 5.74) is 1.56. The number of para-hydroxylation sites is 1. The molecule has 2 atom stereocenters. The number of halogens is 5. The standard InChI is InChI=1S/C27H22ClF4N3O2/c28-21-7-3-2-6-20(21)24(25(36)33-18-13-27(31,32)14-18)35(19-11-16(29)10-17(30)12-19)26(37)23-9-15-5-1-4-8-22(15)34-23/h1-8,10-12,18,23-24,34H,9,13-14H2,(H,33,36)/t23-,24?/m0/s1. The lowest BCUT2D eigenvalue weighted by atomic mass is 9.87. The molecule has 3 aromatic rings. The minimum atomic E-state index is -2.89. The molecule has 1 fully saturated rings. The molecule has 3 aromatic carbocycles. The maximum atomic E-state index is 14.3. The lowest BCUT2D eigenvalue weighted by Gasteiger charge is -2.38. The van der Waals surface area contributed by atoms with Crippen LogP contribution in [0.25, 0.3) is 0 Å². The van der Waals surface area contributed by atoms with E-state index >= 15 is 0 Å². The van der Waals surface area contributed by atoms with E-state index in [-0.39, 0.29) is 22.7 Å². The number of rotatable bonds is 6. The van der Waals surface area contributed by atoms with Gasteiger partial charge in [-0.3, -0.25) is 14.5 Å². The van der Waals surface area contributed by atoms with Crippen molar-refractivity contribution in [3.63, 3.8) is 0 Å². The number of hydrogen-bond donors (Lipinski definition) is 2. The van der Waals surface area contributed by atoms with E-state index in [0.717, 1.165) is 28.3 Å². The van der Waals surface area contributed by atoms with Crippen LogP contribution >= 0.6 is 11.6 Å². The number of hydrogen-bond acceptors (Lipinski definition) is 3. The number of fused-ring (bicyclic) bond motifs is 1. The fourth-order valence-electron chi connectivity index (χ4n) is 4.83. The van der Waals surface area contributed by atoms with Crippen molar-refractivity contribution in [2.24, 2.45) is 0 Å². The van der Waals surface area contributed by atoms with E-state index in [2.05, 4.69) is 10.6 Å². The van der Waals surface area contributed by atoms with Crippen molar-refractivity contribution >= 4 is 34.8 Å². The molecule has 5 nitrogen and oxygen atoms in total. The Kier molecular flexibility index (Phi) is 6.58. The number of nitrogens with one attached hydrogen (secondary N) is 2. The minimum Gasteiger partial charge on any atom is -0.373 e. The van der Waals surface area contributed by atoms with Crippen molar-refractivity contribution in [2.45, 2.75) is 43.3 Å². The van der Waals surface area contributed by atoms with Gasteiger partial charge in [-0.15, -0.1) is 0 Å². The zero-order valence-corrected chi connectivity index (χ0v) is 20.1. The van der Waals surface area contributed by atoms with Gasteiger partial charge in [0.1, 0.15) is 23.7 Å². The smallest absolute Gasteiger partial charge is 0.252 e. The predicted molar refractivity (Wildman–Crippen MR) is 132 cm³/mol. The summed E-state index contributed by atoms with van der Waals surface area (Å²) in [7, 11) is 0. The third-order valence-electron chi connectivity index (χ3n) is 6.57. The van der Waals surface area contributed by atoms with Crippen LogP contribution in [0.3, 0.4) is 0 Å². The molecule has 2 amide bonds. The Balaban J connectivity index is 1.58. The van der Waals surface area contributed by atoms with Crippen LogP contribution in [0.1, 0.15) is 30.0 Å². The number of nitrogens with zero attached hydrogens (tertiary/aromatic N) is 1. The fraction of sp³-hybridized carbons (Fsp3) is 0.259. The Morgan fingerprint density at radius 1 is 1.00 bits per heavy atom. The summed E-state index contributed by atoms with van der Waals surface area (Å²) < 4.78 is 55.6. The summed E-state index contributed by atoms with van der Waals surface area (Å²) in [6, 6.07) is 12.9. The van der Waals surface area contributed by atoms with Gasteiger partial charge in [-0.1, -0.05) is 48.0 Å². The van der Waals surface area contributed by atoms with Crippen LogP contribution in [0.4, 0.5) is 28.9 Å². The third kappa shape index (κ3) is 5.13. The average molecular weight is 532 g/mol. The van der Waals surface area contributed by atoms with Crippen molar-refractivity contribution < 1.29 is 27.2 Å². The molecule has 10 heteroatoms. The van der Waals surface area contributed by atoms with E-state index in [1.54, 1.807) is 24.3 Å². The second-order valence-electron chi connectivity index (χ2n) is 9.29. The molecule has 1 saturated carbocycles. The van der Waals surface area contributed by atoms with Crippen LogP contribution in [0, 0.1) is 11.6 Å². The number of anilines is 2. The van der Waals surface area contributed by atoms with Crippen molar-refractivity contribution in [3.05, 3.63) is 94.5 Å². The Hall–Kier alpha value is -3.59. The van der Waals surface area contributed by atoms with Gasteiger partial charge in [0.2, 0.25) is 5.91 Å². The van der Waals surface area contributed by atoms with Gasteiger partial charge in [-0.2, -0.15) is 0 Å². The van der Waals surface area contributed by atoms with E-state index in [4.69, 9.17) is 11.6 Å². The molecule has 0 aromatic heterocycles. The van der Waals surface area contributed by atoms with Crippen molar-refractivity contribution in [1.82, 2.24) is 5.32 Å². The second-order valence-corrected chi connectivity index (χ2v) is 9.70. The predicted octanol–water partition coefficient (Wildman–Crippen LogP) is 5.64. The first-order chi connectivity index (χ1) is 17.6. The Morgan fingerprint density at radius 3 is 2.30 bits per heavy atom. The lowest BCUT2D eigenvalue weighted by Crippen LogP contribution is -2.55. The Labute approximate surface area is 215 Å². The van der Waals surface area contributed by atoms with Crippen LogP contribution in [-0.2, 0) is 16.0 Å². The highest BCUT2D eigenvalue weighted by molar-refractivity contribution is 6.31. The second kappa shape index (κ2) is 9.70. The largest absolute Gasteiger partial charge is 0.373 e. The molecule has 0 spiro atoms. The molecule has 2 N–H and O–H groups in total. The molecule has 5 rings (SSSR count). The maximum Gasteiger partial charge on any atom is 0.252 e.